The van der Waals surface area contributed by atoms with E-state index in [1.807, 2.05) is 6.92 Å². The van der Waals surface area contributed by atoms with Crippen LogP contribution in [0.25, 0.3) is 0 Å². The van der Waals surface area contributed by atoms with E-state index < -0.39 is 5.82 Å². The topological polar surface area (TPSA) is 68.3 Å². The zero-order valence-corrected chi connectivity index (χ0v) is 11.2. The Morgan fingerprint density at radius 3 is 2.55 bits per heavy atom. The van der Waals surface area contributed by atoms with Crippen molar-refractivity contribution in [1.82, 2.24) is 0 Å². The first-order chi connectivity index (χ1) is 9.51. The highest BCUT2D eigenvalue weighted by atomic mass is 19.1. The number of rotatable bonds is 4. The van der Waals surface area contributed by atoms with E-state index in [1.54, 1.807) is 30.3 Å². The molecule has 0 unspecified atom stereocenters. The van der Waals surface area contributed by atoms with E-state index in [2.05, 4.69) is 0 Å². The molecule has 3 N–H and O–H groups in total. The van der Waals surface area contributed by atoms with E-state index in [-0.39, 0.29) is 17.3 Å². The van der Waals surface area contributed by atoms with E-state index in [9.17, 15) is 4.39 Å². The second-order valence-electron chi connectivity index (χ2n) is 4.31. The molecule has 4 nitrogen and oxygen atoms in total. The van der Waals surface area contributed by atoms with Crippen molar-refractivity contribution in [3.63, 3.8) is 0 Å². The molecule has 0 heterocycles. The second kappa shape index (κ2) is 5.61. The van der Waals surface area contributed by atoms with Gasteiger partial charge in [-0.2, -0.15) is 0 Å². The molecule has 0 atom stereocenters. The van der Waals surface area contributed by atoms with Gasteiger partial charge in [0.1, 0.15) is 17.3 Å². The van der Waals surface area contributed by atoms with Gasteiger partial charge >= 0.3 is 0 Å². The summed E-state index contributed by atoms with van der Waals surface area (Å²) < 4.78 is 24.4. The van der Waals surface area contributed by atoms with Gasteiger partial charge in [-0.05, 0) is 36.8 Å². The van der Waals surface area contributed by atoms with E-state index >= 15 is 0 Å². The number of benzene rings is 2. The molecule has 2 aromatic rings. The van der Waals surface area contributed by atoms with Crippen molar-refractivity contribution in [1.29, 1.82) is 5.41 Å². The Labute approximate surface area is 116 Å². The minimum absolute atomic E-state index is 0.0840. The molecule has 2 rings (SSSR count). The first-order valence-electron chi connectivity index (χ1n) is 5.97. The molecule has 0 bridgehead atoms. The second-order valence-corrected chi connectivity index (χ2v) is 4.31. The lowest BCUT2D eigenvalue weighted by molar-refractivity contribution is 0.405. The largest absolute Gasteiger partial charge is 0.497 e. The van der Waals surface area contributed by atoms with Gasteiger partial charge in [-0.25, -0.2) is 4.39 Å². The van der Waals surface area contributed by atoms with Crippen LogP contribution in [0.2, 0.25) is 0 Å². The number of aryl methyl sites for hydroxylation is 1. The highest BCUT2D eigenvalue weighted by Gasteiger charge is 2.12. The summed E-state index contributed by atoms with van der Waals surface area (Å²) in [6.45, 7) is 1.84. The maximum atomic E-state index is 13.7. The van der Waals surface area contributed by atoms with Crippen LogP contribution in [0, 0.1) is 18.2 Å². The molecule has 20 heavy (non-hydrogen) atoms. The maximum Gasteiger partial charge on any atom is 0.165 e. The maximum absolute atomic E-state index is 13.7. The minimum atomic E-state index is -0.479. The average Bonchev–Trinajstić information content (AvgIpc) is 2.42. The summed E-state index contributed by atoms with van der Waals surface area (Å²) in [5, 5.41) is 7.53. The molecule has 5 heteroatoms. The van der Waals surface area contributed by atoms with E-state index in [0.29, 0.717) is 11.3 Å². The number of amidine groups is 1. The van der Waals surface area contributed by atoms with Crippen LogP contribution in [0.15, 0.2) is 36.4 Å². The van der Waals surface area contributed by atoms with Gasteiger partial charge in [-0.3, -0.25) is 5.41 Å². The van der Waals surface area contributed by atoms with Crippen LogP contribution in [0.4, 0.5) is 4.39 Å². The third-order valence-electron chi connectivity index (χ3n) is 2.79. The van der Waals surface area contributed by atoms with Crippen LogP contribution in [0.5, 0.6) is 17.2 Å². The van der Waals surface area contributed by atoms with Gasteiger partial charge in [-0.15, -0.1) is 0 Å². The van der Waals surface area contributed by atoms with Crippen LogP contribution < -0.4 is 15.2 Å². The number of nitrogens with one attached hydrogen (secondary N) is 1. The SMILES string of the molecule is COc1ccc(C(=N)N)c(Oc2cc(C)ccc2F)c1. The molecule has 0 amide bonds. The summed E-state index contributed by atoms with van der Waals surface area (Å²) in [5.41, 5.74) is 6.75. The summed E-state index contributed by atoms with van der Waals surface area (Å²) >= 11 is 0. The van der Waals surface area contributed by atoms with E-state index in [1.165, 1.54) is 13.2 Å². The molecule has 0 aliphatic carbocycles. The molecule has 0 spiro atoms. The molecule has 0 radical (unpaired) electrons. The lowest BCUT2D eigenvalue weighted by Crippen LogP contribution is -2.12. The fourth-order valence-electron chi connectivity index (χ4n) is 1.74. The van der Waals surface area contributed by atoms with Crippen molar-refractivity contribution in [3.05, 3.63) is 53.3 Å². The number of halogens is 1. The van der Waals surface area contributed by atoms with E-state index in [4.69, 9.17) is 20.6 Å². The van der Waals surface area contributed by atoms with Crippen LogP contribution in [0.3, 0.4) is 0 Å². The summed E-state index contributed by atoms with van der Waals surface area (Å²) in [6, 6.07) is 9.40. The monoisotopic (exact) mass is 274 g/mol. The minimum Gasteiger partial charge on any atom is -0.497 e. The fraction of sp³-hybridized carbons (Fsp3) is 0.133. The highest BCUT2D eigenvalue weighted by molar-refractivity contribution is 5.97. The van der Waals surface area contributed by atoms with Crippen molar-refractivity contribution < 1.29 is 13.9 Å². The normalized spacial score (nSPS) is 10.2. The molecule has 0 saturated carbocycles. The first-order valence-corrected chi connectivity index (χ1v) is 5.97. The predicted octanol–water partition coefficient (Wildman–Crippen LogP) is 3.22. The van der Waals surface area contributed by atoms with Crippen molar-refractivity contribution in [3.8, 4) is 17.2 Å². The standard InChI is InChI=1S/C15H15FN2O2/c1-9-3-6-12(16)14(7-9)20-13-8-10(19-2)4-5-11(13)15(17)18/h3-8H,1-2H3,(H3,17,18). The molecule has 0 aromatic heterocycles. The third kappa shape index (κ3) is 2.88. The fourth-order valence-corrected chi connectivity index (χ4v) is 1.74. The number of nitrogen functional groups attached to an aromatic ring is 1. The van der Waals surface area contributed by atoms with Crippen LogP contribution in [-0.4, -0.2) is 12.9 Å². The average molecular weight is 274 g/mol. The van der Waals surface area contributed by atoms with Crippen molar-refractivity contribution in [2.75, 3.05) is 7.11 Å². The van der Waals surface area contributed by atoms with Crippen molar-refractivity contribution in [2.24, 2.45) is 5.73 Å². The molecular formula is C15H15FN2O2. The van der Waals surface area contributed by atoms with Crippen LogP contribution in [0.1, 0.15) is 11.1 Å². The Balaban J connectivity index is 2.45. The Bertz CT molecular complexity index is 656. The zero-order chi connectivity index (χ0) is 14.7. The van der Waals surface area contributed by atoms with Gasteiger partial charge in [0.15, 0.2) is 11.6 Å². The molecule has 0 fully saturated rings. The smallest absolute Gasteiger partial charge is 0.165 e. The van der Waals surface area contributed by atoms with Gasteiger partial charge in [0.2, 0.25) is 0 Å². The predicted molar refractivity (Wildman–Crippen MR) is 75.2 cm³/mol. The number of methoxy groups -OCH3 is 1. The third-order valence-corrected chi connectivity index (χ3v) is 2.79. The van der Waals surface area contributed by atoms with Gasteiger partial charge in [0, 0.05) is 6.07 Å². The first kappa shape index (κ1) is 13.9. The number of hydrogen-bond acceptors (Lipinski definition) is 3. The lowest BCUT2D eigenvalue weighted by atomic mass is 10.1. The van der Waals surface area contributed by atoms with E-state index in [0.717, 1.165) is 5.56 Å². The molecule has 104 valence electrons. The Kier molecular flexibility index (Phi) is 3.89. The summed E-state index contributed by atoms with van der Waals surface area (Å²) in [5.74, 6) is 0.267. The Morgan fingerprint density at radius 2 is 1.90 bits per heavy atom. The summed E-state index contributed by atoms with van der Waals surface area (Å²) in [7, 11) is 1.51. The zero-order valence-electron chi connectivity index (χ0n) is 11.2. The highest BCUT2D eigenvalue weighted by Crippen LogP contribution is 2.31. The van der Waals surface area contributed by atoms with Gasteiger partial charge in [0.05, 0.1) is 12.7 Å². The number of nitrogens with two attached hydrogens (primary N) is 1. The lowest BCUT2D eigenvalue weighted by Gasteiger charge is -2.12. The Hall–Kier alpha value is -2.56. The van der Waals surface area contributed by atoms with Gasteiger partial charge in [-0.1, -0.05) is 6.07 Å². The van der Waals surface area contributed by atoms with Crippen LogP contribution in [-0.2, 0) is 0 Å². The number of hydrogen-bond donors (Lipinski definition) is 2. The summed E-state index contributed by atoms with van der Waals surface area (Å²) in [6.07, 6.45) is 0. The Morgan fingerprint density at radius 1 is 1.15 bits per heavy atom. The van der Waals surface area contributed by atoms with Crippen molar-refractivity contribution in [2.45, 2.75) is 6.92 Å². The molecule has 0 aliphatic heterocycles. The van der Waals surface area contributed by atoms with Crippen LogP contribution >= 0.6 is 0 Å². The van der Waals surface area contributed by atoms with Gasteiger partial charge < -0.3 is 15.2 Å². The van der Waals surface area contributed by atoms with Gasteiger partial charge in [0.25, 0.3) is 0 Å². The quantitative estimate of drug-likeness (QED) is 0.664. The summed E-state index contributed by atoms with van der Waals surface area (Å²) in [4.78, 5) is 0. The molecule has 0 aliphatic rings. The molecule has 2 aromatic carbocycles. The van der Waals surface area contributed by atoms with Crippen molar-refractivity contribution >= 4 is 5.84 Å². The molecular weight excluding hydrogens is 259 g/mol. The number of ether oxygens (including phenoxy) is 2. The molecule has 0 saturated heterocycles.